The first-order valence-corrected chi connectivity index (χ1v) is 8.05. The van der Waals surface area contributed by atoms with Crippen LogP contribution in [0.15, 0.2) is 4.99 Å². The van der Waals surface area contributed by atoms with E-state index in [1.165, 1.54) is 25.7 Å². The van der Waals surface area contributed by atoms with Gasteiger partial charge in [0.2, 0.25) is 0 Å². The maximum atomic E-state index is 5.38. The Labute approximate surface area is 146 Å². The molecule has 1 heterocycles. The van der Waals surface area contributed by atoms with Crippen molar-refractivity contribution >= 4 is 29.9 Å². The predicted octanol–water partition coefficient (Wildman–Crippen LogP) is 1.68. The summed E-state index contributed by atoms with van der Waals surface area (Å²) in [6.45, 7) is 8.31. The lowest BCUT2D eigenvalue weighted by Gasteiger charge is -2.29. The molecule has 2 N–H and O–H groups in total. The summed E-state index contributed by atoms with van der Waals surface area (Å²) in [5.41, 5.74) is 0. The van der Waals surface area contributed by atoms with Crippen LogP contribution in [0, 0.1) is 5.92 Å². The first-order chi connectivity index (χ1) is 9.78. The lowest BCUT2D eigenvalue weighted by atomic mass is 10.1. The minimum absolute atomic E-state index is 0. The van der Waals surface area contributed by atoms with E-state index >= 15 is 0 Å². The summed E-state index contributed by atoms with van der Waals surface area (Å²) >= 11 is 0. The monoisotopic (exact) mass is 410 g/mol. The Morgan fingerprint density at radius 1 is 1.29 bits per heavy atom. The Kier molecular flexibility index (Phi) is 9.59. The average Bonchev–Trinajstić information content (AvgIpc) is 2.97. The van der Waals surface area contributed by atoms with Crippen LogP contribution < -0.4 is 10.6 Å². The molecule has 0 aromatic heterocycles. The topological polar surface area (TPSA) is 48.9 Å². The van der Waals surface area contributed by atoms with Gasteiger partial charge in [0, 0.05) is 39.3 Å². The minimum atomic E-state index is 0. The number of guanidine groups is 1. The van der Waals surface area contributed by atoms with Crippen molar-refractivity contribution in [2.45, 2.75) is 38.6 Å². The van der Waals surface area contributed by atoms with Gasteiger partial charge in [-0.1, -0.05) is 19.8 Å². The fourth-order valence-electron chi connectivity index (χ4n) is 3.02. The molecule has 0 bridgehead atoms. The van der Waals surface area contributed by atoms with E-state index in [4.69, 9.17) is 4.74 Å². The van der Waals surface area contributed by atoms with E-state index in [1.807, 2.05) is 7.05 Å². The van der Waals surface area contributed by atoms with Crippen LogP contribution in [0.5, 0.6) is 0 Å². The highest BCUT2D eigenvalue weighted by atomic mass is 127. The summed E-state index contributed by atoms with van der Waals surface area (Å²) in [6.07, 6.45) is 5.26. The van der Waals surface area contributed by atoms with Gasteiger partial charge < -0.3 is 15.4 Å². The number of rotatable bonds is 5. The van der Waals surface area contributed by atoms with E-state index in [9.17, 15) is 0 Å². The number of hydrogen-bond donors (Lipinski definition) is 2. The second-order valence-corrected chi connectivity index (χ2v) is 6.10. The largest absolute Gasteiger partial charge is 0.379 e. The van der Waals surface area contributed by atoms with Gasteiger partial charge in [-0.3, -0.25) is 9.89 Å². The van der Waals surface area contributed by atoms with E-state index in [0.717, 1.165) is 45.4 Å². The lowest BCUT2D eigenvalue weighted by Crippen LogP contribution is -2.46. The second-order valence-electron chi connectivity index (χ2n) is 6.10. The highest BCUT2D eigenvalue weighted by Crippen LogP contribution is 2.17. The Morgan fingerprint density at radius 3 is 2.57 bits per heavy atom. The molecule has 2 rings (SSSR count). The van der Waals surface area contributed by atoms with Crippen molar-refractivity contribution in [3.8, 4) is 0 Å². The Bertz CT molecular complexity index is 302. The van der Waals surface area contributed by atoms with Crippen molar-refractivity contribution < 1.29 is 4.74 Å². The first kappa shape index (κ1) is 19.0. The van der Waals surface area contributed by atoms with Crippen LogP contribution in [-0.4, -0.2) is 63.3 Å². The van der Waals surface area contributed by atoms with Crippen LogP contribution in [0.1, 0.15) is 32.6 Å². The molecule has 0 aromatic carbocycles. The van der Waals surface area contributed by atoms with Crippen LogP contribution in [0.3, 0.4) is 0 Å². The fourth-order valence-corrected chi connectivity index (χ4v) is 3.02. The zero-order valence-corrected chi connectivity index (χ0v) is 15.8. The summed E-state index contributed by atoms with van der Waals surface area (Å²) in [5.74, 6) is 1.58. The number of halogens is 1. The third-order valence-electron chi connectivity index (χ3n) is 4.21. The molecule has 0 radical (unpaired) electrons. The zero-order valence-electron chi connectivity index (χ0n) is 13.4. The minimum Gasteiger partial charge on any atom is -0.379 e. The van der Waals surface area contributed by atoms with E-state index in [1.54, 1.807) is 0 Å². The van der Waals surface area contributed by atoms with Gasteiger partial charge in [0.15, 0.2) is 5.96 Å². The van der Waals surface area contributed by atoms with Crippen molar-refractivity contribution in [1.29, 1.82) is 0 Å². The smallest absolute Gasteiger partial charge is 0.191 e. The Morgan fingerprint density at radius 2 is 1.95 bits per heavy atom. The molecule has 2 fully saturated rings. The van der Waals surface area contributed by atoms with Crippen molar-refractivity contribution in [2.24, 2.45) is 10.9 Å². The number of morpholine rings is 1. The zero-order chi connectivity index (χ0) is 14.2. The van der Waals surface area contributed by atoms with Gasteiger partial charge in [-0.05, 0) is 18.8 Å². The molecule has 1 aliphatic heterocycles. The molecule has 1 atom stereocenters. The summed E-state index contributed by atoms with van der Waals surface area (Å²) in [7, 11) is 1.86. The van der Waals surface area contributed by atoms with Gasteiger partial charge >= 0.3 is 0 Å². The van der Waals surface area contributed by atoms with Gasteiger partial charge in [-0.2, -0.15) is 0 Å². The van der Waals surface area contributed by atoms with Gasteiger partial charge in [-0.15, -0.1) is 24.0 Å². The summed E-state index contributed by atoms with van der Waals surface area (Å²) in [5, 5.41) is 7.00. The molecule has 5 nitrogen and oxygen atoms in total. The molecule has 0 spiro atoms. The maximum Gasteiger partial charge on any atom is 0.191 e. The summed E-state index contributed by atoms with van der Waals surface area (Å²) in [6, 6.07) is 0.621. The fraction of sp³-hybridized carbons (Fsp3) is 0.933. The van der Waals surface area contributed by atoms with Crippen LogP contribution in [0.2, 0.25) is 0 Å². The van der Waals surface area contributed by atoms with E-state index in [2.05, 4.69) is 27.4 Å². The van der Waals surface area contributed by atoms with Crippen LogP contribution in [0.25, 0.3) is 0 Å². The van der Waals surface area contributed by atoms with Gasteiger partial charge in [0.05, 0.1) is 13.2 Å². The number of hydrogen-bond acceptors (Lipinski definition) is 3. The summed E-state index contributed by atoms with van der Waals surface area (Å²) in [4.78, 5) is 6.82. The van der Waals surface area contributed by atoms with Crippen molar-refractivity contribution in [1.82, 2.24) is 15.5 Å². The van der Waals surface area contributed by atoms with Crippen LogP contribution in [0.4, 0.5) is 0 Å². The molecule has 1 saturated heterocycles. The quantitative estimate of drug-likeness (QED) is 0.412. The molecule has 2 aliphatic rings. The van der Waals surface area contributed by atoms with Crippen molar-refractivity contribution in [3.05, 3.63) is 0 Å². The second kappa shape index (κ2) is 10.6. The first-order valence-electron chi connectivity index (χ1n) is 8.05. The molecule has 1 aliphatic carbocycles. The Balaban J connectivity index is 0.00000220. The Hall–Kier alpha value is -0.0800. The molecule has 0 amide bonds. The molecule has 6 heteroatoms. The molecule has 1 saturated carbocycles. The van der Waals surface area contributed by atoms with E-state index < -0.39 is 0 Å². The highest BCUT2D eigenvalue weighted by Gasteiger charge is 2.17. The number of aliphatic imine (C=N–C) groups is 1. The normalized spacial score (nSPS) is 22.7. The third kappa shape index (κ3) is 7.15. The van der Waals surface area contributed by atoms with Gasteiger partial charge in [-0.25, -0.2) is 0 Å². The van der Waals surface area contributed by atoms with Crippen LogP contribution in [-0.2, 0) is 4.74 Å². The number of ether oxygens (including phenoxy) is 1. The molecular formula is C15H31IN4O. The number of nitrogens with zero attached hydrogens (tertiary/aromatic N) is 2. The number of nitrogens with one attached hydrogen (secondary N) is 2. The molecule has 1 unspecified atom stereocenters. The molecule has 21 heavy (non-hydrogen) atoms. The molecule has 124 valence electrons. The van der Waals surface area contributed by atoms with Gasteiger partial charge in [0.25, 0.3) is 0 Å². The molecule has 0 aromatic rings. The van der Waals surface area contributed by atoms with Crippen molar-refractivity contribution in [2.75, 3.05) is 46.4 Å². The van der Waals surface area contributed by atoms with E-state index in [0.29, 0.717) is 12.0 Å². The predicted molar refractivity (Wildman–Crippen MR) is 98.6 cm³/mol. The van der Waals surface area contributed by atoms with Gasteiger partial charge in [0.1, 0.15) is 0 Å². The lowest BCUT2D eigenvalue weighted by molar-refractivity contribution is 0.0320. The SMILES string of the molecule is CN=C(NCC(C)CN1CCOCC1)NC1CCCC1.I. The molecular weight excluding hydrogens is 379 g/mol. The highest BCUT2D eigenvalue weighted by molar-refractivity contribution is 14.0. The van der Waals surface area contributed by atoms with E-state index in [-0.39, 0.29) is 24.0 Å². The maximum absolute atomic E-state index is 5.38. The third-order valence-corrected chi connectivity index (χ3v) is 4.21. The van der Waals surface area contributed by atoms with Crippen LogP contribution >= 0.6 is 24.0 Å². The summed E-state index contributed by atoms with van der Waals surface area (Å²) < 4.78 is 5.38. The average molecular weight is 410 g/mol. The standard InChI is InChI=1S/C15H30N4O.HI/c1-13(12-19-7-9-20-10-8-19)11-17-15(16-2)18-14-5-3-4-6-14;/h13-14H,3-12H2,1-2H3,(H2,16,17,18);1H. The van der Waals surface area contributed by atoms with Crippen molar-refractivity contribution in [3.63, 3.8) is 0 Å².